The van der Waals surface area contributed by atoms with Gasteiger partial charge in [0.25, 0.3) is 6.71 Å². The molecular formula is C88H97BN4. The fourth-order valence-electron chi connectivity index (χ4n) is 15.3. The van der Waals surface area contributed by atoms with E-state index in [2.05, 4.69) is 327 Å². The summed E-state index contributed by atoms with van der Waals surface area (Å²) in [7, 11) is 0. The lowest BCUT2D eigenvalue weighted by Crippen LogP contribution is -2.59. The van der Waals surface area contributed by atoms with Gasteiger partial charge in [0, 0.05) is 49.4 Å². The Balaban J connectivity index is 1.25. The molecule has 0 atom stereocenters. The molecule has 0 amide bonds. The number of hydrogen-bond acceptors (Lipinski definition) is 2. The minimum absolute atomic E-state index is 0.0788. The van der Waals surface area contributed by atoms with Gasteiger partial charge < -0.3 is 9.13 Å². The lowest BCUT2D eigenvalue weighted by atomic mass is 9.34. The predicted molar refractivity (Wildman–Crippen MR) is 404 cm³/mol. The van der Waals surface area contributed by atoms with Gasteiger partial charge in [-0.05, 0) is 157 Å². The Morgan fingerprint density at radius 1 is 0.312 bits per heavy atom. The van der Waals surface area contributed by atoms with E-state index in [1.807, 2.05) is 0 Å². The molecule has 5 heterocycles. The van der Waals surface area contributed by atoms with Crippen molar-refractivity contribution in [3.8, 4) is 56.3 Å². The smallest absolute Gasteiger partial charge is 0.252 e. The van der Waals surface area contributed by atoms with Crippen LogP contribution in [-0.4, -0.2) is 25.8 Å². The summed E-state index contributed by atoms with van der Waals surface area (Å²) >= 11 is 0. The quantitative estimate of drug-likeness (QED) is 0.165. The van der Waals surface area contributed by atoms with Gasteiger partial charge in [-0.25, -0.2) is 9.97 Å². The molecule has 14 rings (SSSR count). The molecule has 0 N–H and O–H groups in total. The van der Waals surface area contributed by atoms with Crippen LogP contribution in [0.15, 0.2) is 152 Å². The van der Waals surface area contributed by atoms with Crippen LogP contribution in [-0.2, 0) is 43.3 Å². The molecule has 0 bridgehead atoms. The van der Waals surface area contributed by atoms with Gasteiger partial charge in [0.1, 0.15) is 0 Å². The summed E-state index contributed by atoms with van der Waals surface area (Å²) in [5.41, 5.74) is 30.1. The Hall–Kier alpha value is -8.02. The minimum Gasteiger partial charge on any atom is -0.310 e. The van der Waals surface area contributed by atoms with E-state index >= 15 is 0 Å². The monoisotopic (exact) mass is 1220 g/mol. The maximum Gasteiger partial charge on any atom is 0.252 e. The van der Waals surface area contributed by atoms with Crippen molar-refractivity contribution in [2.75, 3.05) is 0 Å². The van der Waals surface area contributed by atoms with Crippen molar-refractivity contribution in [3.63, 3.8) is 0 Å². The van der Waals surface area contributed by atoms with Crippen molar-refractivity contribution in [2.45, 2.75) is 209 Å². The number of nitrogens with zero attached hydrogens (tertiary/aromatic N) is 4. The topological polar surface area (TPSA) is 35.6 Å². The van der Waals surface area contributed by atoms with Gasteiger partial charge in [0.15, 0.2) is 5.82 Å². The molecule has 2 aliphatic heterocycles. The zero-order valence-electron chi connectivity index (χ0n) is 60.3. The highest BCUT2D eigenvalue weighted by Crippen LogP contribution is 2.51. The number of benzene rings is 9. The molecule has 0 unspecified atom stereocenters. The van der Waals surface area contributed by atoms with Crippen LogP contribution in [0.3, 0.4) is 0 Å². The fourth-order valence-corrected chi connectivity index (χ4v) is 15.3. The fraction of sp³-hybridized carbons (Fsp3) is 0.364. The summed E-state index contributed by atoms with van der Waals surface area (Å²) < 4.78 is 5.47. The van der Waals surface area contributed by atoms with Crippen LogP contribution in [0.2, 0.25) is 0 Å². The molecule has 3 aromatic heterocycles. The highest BCUT2D eigenvalue weighted by Gasteiger charge is 2.44. The van der Waals surface area contributed by atoms with E-state index in [-0.39, 0.29) is 50.0 Å². The molecule has 472 valence electrons. The maximum absolute atomic E-state index is 5.76. The van der Waals surface area contributed by atoms with Crippen LogP contribution in [0, 0.1) is 0 Å². The third-order valence-corrected chi connectivity index (χ3v) is 20.8. The van der Waals surface area contributed by atoms with Crippen molar-refractivity contribution in [3.05, 3.63) is 196 Å². The molecule has 4 nitrogen and oxygen atoms in total. The lowest BCUT2D eigenvalue weighted by molar-refractivity contribution is 0.568. The largest absolute Gasteiger partial charge is 0.310 e. The van der Waals surface area contributed by atoms with Crippen LogP contribution in [0.5, 0.6) is 0 Å². The van der Waals surface area contributed by atoms with Crippen molar-refractivity contribution in [1.82, 2.24) is 19.1 Å². The van der Waals surface area contributed by atoms with Gasteiger partial charge in [0.05, 0.1) is 33.3 Å². The van der Waals surface area contributed by atoms with E-state index in [9.17, 15) is 0 Å². The van der Waals surface area contributed by atoms with Gasteiger partial charge in [-0.1, -0.05) is 287 Å². The van der Waals surface area contributed by atoms with E-state index < -0.39 is 0 Å². The first-order valence-electron chi connectivity index (χ1n) is 34.3. The first kappa shape index (κ1) is 62.4. The predicted octanol–water partition coefficient (Wildman–Crippen LogP) is 22.0. The third kappa shape index (κ3) is 10.1. The van der Waals surface area contributed by atoms with Crippen LogP contribution in [0.4, 0.5) is 0 Å². The number of para-hydroxylation sites is 1. The van der Waals surface area contributed by atoms with E-state index in [1.165, 1.54) is 138 Å². The molecule has 9 aromatic carbocycles. The van der Waals surface area contributed by atoms with Crippen LogP contribution in [0.1, 0.15) is 211 Å². The number of aromatic nitrogens is 4. The van der Waals surface area contributed by atoms with Crippen LogP contribution < -0.4 is 16.4 Å². The lowest BCUT2D eigenvalue weighted by Gasteiger charge is -2.35. The maximum atomic E-state index is 5.76. The Morgan fingerprint density at radius 2 is 0.688 bits per heavy atom. The van der Waals surface area contributed by atoms with Gasteiger partial charge in [-0.3, -0.25) is 0 Å². The summed E-state index contributed by atoms with van der Waals surface area (Å²) in [5, 5.41) is 6.34. The minimum atomic E-state index is -0.217. The zero-order chi connectivity index (χ0) is 66.7. The summed E-state index contributed by atoms with van der Waals surface area (Å²) in [4.78, 5) is 11.4. The molecular weight excluding hydrogens is 1120 g/mol. The summed E-state index contributed by atoms with van der Waals surface area (Å²) in [6.07, 6.45) is 0. The second kappa shape index (κ2) is 20.3. The van der Waals surface area contributed by atoms with Crippen LogP contribution >= 0.6 is 0 Å². The molecule has 12 aromatic rings. The molecule has 5 heteroatoms. The van der Waals surface area contributed by atoms with E-state index in [1.54, 1.807) is 0 Å². The Morgan fingerprint density at radius 3 is 1.08 bits per heavy atom. The highest BCUT2D eigenvalue weighted by atomic mass is 15.0. The van der Waals surface area contributed by atoms with Gasteiger partial charge in [-0.2, -0.15) is 0 Å². The normalized spacial score (nSPS) is 14.0. The molecule has 0 spiro atoms. The average Bonchev–Trinajstić information content (AvgIpc) is 1.53. The summed E-state index contributed by atoms with van der Waals surface area (Å²) in [5.74, 6) is 0.710. The number of fused-ring (bicyclic) bond motifs is 11. The van der Waals surface area contributed by atoms with E-state index in [0.29, 0.717) is 5.82 Å². The second-order valence-corrected chi connectivity index (χ2v) is 36.1. The van der Waals surface area contributed by atoms with Crippen molar-refractivity contribution < 1.29 is 0 Å². The standard InChI is InChI=1S/C88H97BN4/c1-81(2,3)54-38-51(39-55(44-54)82(4,5)6)60-34-36-65-78-72(60)74-63(87(19,20)21)46-58(85(13,14)15)48-68(74)92(78)70-42-53(80-90-67-33-29-28-32-62(67)77(91-80)50-30-26-25-27-31-50)43-71-76(70)89(65)66-37-35-61(52-40-56(83(7,8)9)45-57(41-52)84(10,11)12)73-75-64(88(22,23)24)47-59(86(16,17)18)49-69(75)93(71)79(66)73/h25-49H,1-24H3. The third-order valence-electron chi connectivity index (χ3n) is 20.8. The van der Waals surface area contributed by atoms with E-state index in [4.69, 9.17) is 9.97 Å². The average molecular weight is 1220 g/mol. The first-order chi connectivity index (χ1) is 43.2. The molecule has 0 aliphatic carbocycles. The van der Waals surface area contributed by atoms with Crippen LogP contribution in [0.25, 0.3) is 111 Å². The zero-order valence-corrected chi connectivity index (χ0v) is 60.3. The highest BCUT2D eigenvalue weighted by molar-refractivity contribution is 7.00. The molecule has 0 saturated heterocycles. The van der Waals surface area contributed by atoms with Crippen molar-refractivity contribution >= 4 is 77.6 Å². The molecule has 0 radical (unpaired) electrons. The summed E-state index contributed by atoms with van der Waals surface area (Å²) in [6.45, 7) is 57.2. The molecule has 0 saturated carbocycles. The number of hydrogen-bond donors (Lipinski definition) is 0. The summed E-state index contributed by atoms with van der Waals surface area (Å²) in [6, 6.07) is 59.8. The number of rotatable bonds is 4. The van der Waals surface area contributed by atoms with E-state index in [0.717, 1.165) is 27.7 Å². The Kier molecular flexibility index (Phi) is 13.6. The molecule has 2 aliphatic rings. The Labute approximate surface area is 555 Å². The SMILES string of the molecule is CC(C)(C)c1cc(-c2ccc3c4c2c2c(C(C)(C)C)cc(C(C)(C)C)cc2n4-c2cc(-c4nc(-c5ccccc5)c5ccccc5n4)cc4c2B3c2ccc(-c3cc(C(C)(C)C)cc(C(C)(C)C)c3)c3c5c(C(C)(C)C)cc(C(C)(C)C)cc5n-4c23)cc(C(C)(C)C)c1. The van der Waals surface area contributed by atoms with Gasteiger partial charge >= 0.3 is 0 Å². The first-order valence-corrected chi connectivity index (χ1v) is 34.3. The van der Waals surface area contributed by atoms with Gasteiger partial charge in [-0.15, -0.1) is 0 Å². The second-order valence-electron chi connectivity index (χ2n) is 36.1. The van der Waals surface area contributed by atoms with Crippen molar-refractivity contribution in [1.29, 1.82) is 0 Å². The van der Waals surface area contributed by atoms with Gasteiger partial charge in [0.2, 0.25) is 0 Å². The van der Waals surface area contributed by atoms with Crippen molar-refractivity contribution in [2.24, 2.45) is 0 Å². The molecule has 93 heavy (non-hydrogen) atoms. The Bertz CT molecular complexity index is 4810. The molecule has 0 fully saturated rings.